The Balaban J connectivity index is 2.46. The third kappa shape index (κ3) is 0.954. The summed E-state index contributed by atoms with van der Waals surface area (Å²) in [6.45, 7) is -3.63. The number of rotatable bonds is 0. The minimum atomic E-state index is -1.72. The summed E-state index contributed by atoms with van der Waals surface area (Å²) in [5.41, 5.74) is 0. The van der Waals surface area contributed by atoms with Gasteiger partial charge in [0.1, 0.15) is 0 Å². The van der Waals surface area contributed by atoms with Gasteiger partial charge >= 0.3 is 0 Å². The van der Waals surface area contributed by atoms with Crippen molar-refractivity contribution in [2.24, 2.45) is 0 Å². The fourth-order valence-electron chi connectivity index (χ4n) is 0.288. The van der Waals surface area contributed by atoms with E-state index in [4.69, 9.17) is 5.48 Å². The number of ether oxygens (including phenoxy) is 1. The lowest BCUT2D eigenvalue weighted by molar-refractivity contribution is 0.109. The predicted molar refractivity (Wildman–Crippen MR) is 23.7 cm³/mol. The zero-order chi connectivity index (χ0) is 7.83. The molecule has 36 valence electrons. The van der Waals surface area contributed by atoms with Crippen LogP contribution >= 0.6 is 0 Å². The molecule has 0 amide bonds. The number of hydrogen-bond acceptors (Lipinski definition) is 2. The number of hydrogen-bond donors (Lipinski definition) is 1. The van der Waals surface area contributed by atoms with Gasteiger partial charge in [0.25, 0.3) is 0 Å². The molecule has 0 radical (unpaired) electrons. The van der Waals surface area contributed by atoms with Crippen LogP contribution in [0.5, 0.6) is 0 Å². The van der Waals surface area contributed by atoms with Crippen molar-refractivity contribution >= 4 is 0 Å². The minimum Gasteiger partial charge on any atom is -0.379 e. The van der Waals surface area contributed by atoms with Crippen LogP contribution in [-0.4, -0.2) is 26.2 Å². The molecule has 0 aromatic carbocycles. The lowest BCUT2D eigenvalue weighted by Gasteiger charge is -2.10. The first-order valence-corrected chi connectivity index (χ1v) is 1.80. The minimum absolute atomic E-state index is 0.0972. The highest BCUT2D eigenvalue weighted by molar-refractivity contribution is 4.49. The van der Waals surface area contributed by atoms with E-state index in [0.717, 1.165) is 0 Å². The van der Waals surface area contributed by atoms with Crippen LogP contribution in [0.3, 0.4) is 0 Å². The van der Waals surface area contributed by atoms with Crippen LogP contribution in [0.15, 0.2) is 0 Å². The Hall–Kier alpha value is -0.0800. The van der Waals surface area contributed by atoms with Gasteiger partial charge in [-0.3, -0.25) is 0 Å². The molecule has 0 bridgehead atoms. The van der Waals surface area contributed by atoms with E-state index in [2.05, 4.69) is 10.1 Å². The summed E-state index contributed by atoms with van der Waals surface area (Å²) in [7, 11) is 0. The molecule has 1 fully saturated rings. The van der Waals surface area contributed by atoms with E-state index in [0.29, 0.717) is 0 Å². The number of nitrogens with one attached hydrogen (secondary N) is 1. The molecule has 2 heteroatoms. The molecule has 1 heterocycles. The lowest BCUT2D eigenvalue weighted by atomic mass is 10.5. The first-order valence-electron chi connectivity index (χ1n) is 3.80. The highest BCUT2D eigenvalue weighted by atomic mass is 16.5. The fourth-order valence-corrected chi connectivity index (χ4v) is 0.288. The average Bonchev–Trinajstić information content (AvgIpc) is 1.79. The SMILES string of the molecule is [2H]C1([2H])COC([2H])([2H])CN1. The Morgan fingerprint density at radius 2 is 2.83 bits per heavy atom. The third-order valence-corrected chi connectivity index (χ3v) is 0.532. The fraction of sp³-hybridized carbons (Fsp3) is 1.00. The summed E-state index contributed by atoms with van der Waals surface area (Å²) in [5.74, 6) is 0. The van der Waals surface area contributed by atoms with Crippen molar-refractivity contribution in [3.8, 4) is 0 Å². The molecular weight excluding hydrogens is 78.0 g/mol. The Labute approximate surface area is 43.1 Å². The van der Waals surface area contributed by atoms with Crippen molar-refractivity contribution in [3.05, 3.63) is 0 Å². The summed E-state index contributed by atoms with van der Waals surface area (Å²) >= 11 is 0. The molecule has 0 spiro atoms. The van der Waals surface area contributed by atoms with Crippen LogP contribution in [0.25, 0.3) is 0 Å². The second-order valence-corrected chi connectivity index (χ2v) is 0.963. The summed E-state index contributed by atoms with van der Waals surface area (Å²) in [6, 6.07) is 0. The maximum absolute atomic E-state index is 7.07. The van der Waals surface area contributed by atoms with Crippen LogP contribution in [-0.2, 0) is 4.74 Å². The first-order chi connectivity index (χ1) is 4.41. The van der Waals surface area contributed by atoms with Crippen molar-refractivity contribution in [2.45, 2.75) is 0 Å². The molecule has 1 N–H and O–H groups in total. The first kappa shape index (κ1) is 1.46. The average molecular weight is 91.1 g/mol. The molecule has 0 aromatic rings. The van der Waals surface area contributed by atoms with Crippen LogP contribution in [0.1, 0.15) is 5.48 Å². The van der Waals surface area contributed by atoms with E-state index in [9.17, 15) is 0 Å². The maximum Gasteiger partial charge on any atom is 0.0591 e. The Kier molecular flexibility index (Phi) is 0.524. The van der Waals surface area contributed by atoms with Gasteiger partial charge in [-0.05, 0) is 0 Å². The molecule has 6 heavy (non-hydrogen) atoms. The summed E-state index contributed by atoms with van der Waals surface area (Å²) < 4.78 is 32.7. The third-order valence-electron chi connectivity index (χ3n) is 0.532. The van der Waals surface area contributed by atoms with Crippen molar-refractivity contribution in [1.29, 1.82) is 0 Å². The van der Waals surface area contributed by atoms with E-state index in [1.54, 1.807) is 0 Å². The molecular formula is C4H9NO. The summed E-state index contributed by atoms with van der Waals surface area (Å²) in [4.78, 5) is 0. The summed E-state index contributed by atoms with van der Waals surface area (Å²) in [5, 5.41) is 2.38. The highest BCUT2D eigenvalue weighted by Gasteiger charge is 1.92. The quantitative estimate of drug-likeness (QED) is 0.438. The van der Waals surface area contributed by atoms with Gasteiger partial charge in [-0.15, -0.1) is 0 Å². The largest absolute Gasteiger partial charge is 0.379 e. The zero-order valence-corrected chi connectivity index (χ0v) is 3.32. The van der Waals surface area contributed by atoms with Gasteiger partial charge in [-0.2, -0.15) is 0 Å². The van der Waals surface area contributed by atoms with Gasteiger partial charge in [-0.25, -0.2) is 0 Å². The summed E-state index contributed by atoms with van der Waals surface area (Å²) in [6.07, 6.45) is 0. The Bertz CT molecular complexity index is 109. The van der Waals surface area contributed by atoms with Gasteiger partial charge in [0.15, 0.2) is 0 Å². The standard InChI is InChI=1S/C4H9NO/c1-3-6-4-2-5-1/h5H,1-4H2/i1D2,4D2. The smallest absolute Gasteiger partial charge is 0.0591 e. The molecule has 0 unspecified atom stereocenters. The second kappa shape index (κ2) is 2.16. The van der Waals surface area contributed by atoms with Crippen molar-refractivity contribution in [2.75, 3.05) is 26.2 Å². The van der Waals surface area contributed by atoms with Crippen LogP contribution in [0.4, 0.5) is 0 Å². The van der Waals surface area contributed by atoms with Gasteiger partial charge in [-0.1, -0.05) is 0 Å². The van der Waals surface area contributed by atoms with Gasteiger partial charge in [0.2, 0.25) is 0 Å². The Morgan fingerprint density at radius 3 is 3.33 bits per heavy atom. The predicted octanol–water partition coefficient (Wildman–Crippen LogP) is -0.394. The van der Waals surface area contributed by atoms with Crippen molar-refractivity contribution in [3.63, 3.8) is 0 Å². The highest BCUT2D eigenvalue weighted by Crippen LogP contribution is 1.76. The van der Waals surface area contributed by atoms with Crippen LogP contribution < -0.4 is 5.32 Å². The topological polar surface area (TPSA) is 21.3 Å². The van der Waals surface area contributed by atoms with Gasteiger partial charge in [0, 0.05) is 15.8 Å². The monoisotopic (exact) mass is 91.1 g/mol. The number of morpholine rings is 1. The van der Waals surface area contributed by atoms with E-state index in [1.165, 1.54) is 0 Å². The molecule has 0 aromatic heterocycles. The molecule has 2 nitrogen and oxygen atoms in total. The van der Waals surface area contributed by atoms with Crippen molar-refractivity contribution in [1.82, 2.24) is 5.32 Å². The molecule has 1 aliphatic heterocycles. The van der Waals surface area contributed by atoms with Crippen LogP contribution in [0.2, 0.25) is 0 Å². The van der Waals surface area contributed by atoms with E-state index >= 15 is 0 Å². The van der Waals surface area contributed by atoms with Crippen LogP contribution in [0, 0.1) is 0 Å². The van der Waals surface area contributed by atoms with Crippen molar-refractivity contribution < 1.29 is 10.2 Å². The van der Waals surface area contributed by atoms with Gasteiger partial charge < -0.3 is 10.1 Å². The van der Waals surface area contributed by atoms with Gasteiger partial charge in [0.05, 0.1) is 15.9 Å². The normalized spacial score (nSPS) is 50.7. The molecule has 0 saturated carbocycles. The zero-order valence-electron chi connectivity index (χ0n) is 7.32. The molecule has 1 aliphatic rings. The van der Waals surface area contributed by atoms with E-state index < -0.39 is 13.1 Å². The molecule has 0 atom stereocenters. The Morgan fingerprint density at radius 1 is 1.83 bits per heavy atom. The molecule has 0 aliphatic carbocycles. The molecule has 1 saturated heterocycles. The van der Waals surface area contributed by atoms with E-state index in [-0.39, 0.29) is 13.2 Å². The van der Waals surface area contributed by atoms with E-state index in [1.807, 2.05) is 0 Å². The lowest BCUT2D eigenvalue weighted by Crippen LogP contribution is -2.30. The second-order valence-electron chi connectivity index (χ2n) is 0.963. The maximum atomic E-state index is 7.07. The molecule has 1 rings (SSSR count).